The third-order valence-electron chi connectivity index (χ3n) is 5.71. The van der Waals surface area contributed by atoms with Crippen molar-refractivity contribution in [2.45, 2.75) is 77.7 Å². The van der Waals surface area contributed by atoms with Crippen molar-refractivity contribution in [3.05, 3.63) is 52.6 Å². The lowest BCUT2D eigenvalue weighted by Crippen LogP contribution is -2.27. The van der Waals surface area contributed by atoms with E-state index in [1.807, 2.05) is 0 Å². The highest BCUT2D eigenvalue weighted by molar-refractivity contribution is 5.85. The van der Waals surface area contributed by atoms with Crippen molar-refractivity contribution < 1.29 is 0 Å². The molecule has 2 aliphatic rings. The maximum absolute atomic E-state index is 3.81. The molecule has 0 amide bonds. The first kappa shape index (κ1) is 16.7. The average Bonchev–Trinajstić information content (AvgIpc) is 2.60. The third-order valence-corrected chi connectivity index (χ3v) is 5.71. The predicted octanol–water partition coefficient (Wildman–Crippen LogP) is 6.32. The summed E-state index contributed by atoms with van der Waals surface area (Å²) in [4.78, 5) is 0. The highest BCUT2D eigenvalue weighted by Crippen LogP contribution is 2.42. The van der Waals surface area contributed by atoms with Gasteiger partial charge in [0.2, 0.25) is 0 Å². The van der Waals surface area contributed by atoms with E-state index in [1.165, 1.54) is 68.2 Å². The van der Waals surface area contributed by atoms with Crippen LogP contribution in [0.25, 0.3) is 11.1 Å². The first-order valence-electron chi connectivity index (χ1n) is 10.1. The van der Waals surface area contributed by atoms with Crippen molar-refractivity contribution in [3.63, 3.8) is 0 Å². The number of hydrogen-bond acceptors (Lipinski definition) is 1. The Bertz CT molecular complexity index is 779. The Kier molecular flexibility index (Phi) is 4.35. The van der Waals surface area contributed by atoms with Crippen molar-refractivity contribution >= 4 is 5.69 Å². The van der Waals surface area contributed by atoms with Gasteiger partial charge in [-0.25, -0.2) is 0 Å². The van der Waals surface area contributed by atoms with E-state index in [1.54, 1.807) is 22.3 Å². The molecule has 0 spiro atoms. The van der Waals surface area contributed by atoms with E-state index >= 15 is 0 Å². The summed E-state index contributed by atoms with van der Waals surface area (Å²) >= 11 is 0. The zero-order chi connectivity index (χ0) is 17.4. The molecule has 1 N–H and O–H groups in total. The van der Waals surface area contributed by atoms with Gasteiger partial charge in [0, 0.05) is 16.8 Å². The fourth-order valence-corrected chi connectivity index (χ4v) is 4.66. The summed E-state index contributed by atoms with van der Waals surface area (Å²) in [6, 6.07) is 11.7. The quantitative estimate of drug-likeness (QED) is 0.678. The first-order valence-corrected chi connectivity index (χ1v) is 10.1. The van der Waals surface area contributed by atoms with Crippen LogP contribution < -0.4 is 5.32 Å². The molecule has 2 aromatic carbocycles. The van der Waals surface area contributed by atoms with Gasteiger partial charge in [0.15, 0.2) is 0 Å². The Morgan fingerprint density at radius 3 is 2.08 bits per heavy atom. The SMILES string of the molecule is CC(C)(C)Nc1ccc2c(c1-c1cccc3c1CCCC3)CCCC2. The summed E-state index contributed by atoms with van der Waals surface area (Å²) in [5, 5.41) is 3.81. The summed E-state index contributed by atoms with van der Waals surface area (Å²) in [5.74, 6) is 0. The largest absolute Gasteiger partial charge is 0.380 e. The number of anilines is 1. The van der Waals surface area contributed by atoms with E-state index in [-0.39, 0.29) is 5.54 Å². The second kappa shape index (κ2) is 6.52. The molecule has 2 aromatic rings. The van der Waals surface area contributed by atoms with Crippen molar-refractivity contribution in [2.24, 2.45) is 0 Å². The van der Waals surface area contributed by atoms with E-state index in [4.69, 9.17) is 0 Å². The van der Waals surface area contributed by atoms with E-state index in [0.717, 1.165) is 0 Å². The standard InChI is InChI=1S/C24H31N/c1-24(2,3)25-22-16-15-18-10-5-7-13-20(18)23(22)21-14-8-11-17-9-4-6-12-19(17)21/h8,11,14-16,25H,4-7,9-10,12-13H2,1-3H3. The molecule has 0 atom stereocenters. The van der Waals surface area contributed by atoms with Crippen LogP contribution in [0.15, 0.2) is 30.3 Å². The Morgan fingerprint density at radius 2 is 1.36 bits per heavy atom. The molecule has 0 saturated heterocycles. The molecule has 0 heterocycles. The topological polar surface area (TPSA) is 12.0 Å². The summed E-state index contributed by atoms with van der Waals surface area (Å²) in [7, 11) is 0. The molecule has 1 nitrogen and oxygen atoms in total. The maximum Gasteiger partial charge on any atom is 0.0426 e. The Labute approximate surface area is 152 Å². The lowest BCUT2D eigenvalue weighted by molar-refractivity contribution is 0.633. The number of aryl methyl sites for hydroxylation is 2. The minimum absolute atomic E-state index is 0.0759. The number of benzene rings is 2. The van der Waals surface area contributed by atoms with Crippen LogP contribution >= 0.6 is 0 Å². The molecule has 0 saturated carbocycles. The summed E-state index contributed by atoms with van der Waals surface area (Å²) in [6.45, 7) is 6.78. The van der Waals surface area contributed by atoms with Gasteiger partial charge in [-0.05, 0) is 106 Å². The predicted molar refractivity (Wildman–Crippen MR) is 109 cm³/mol. The fraction of sp³-hybridized carbons (Fsp3) is 0.500. The van der Waals surface area contributed by atoms with Crippen LogP contribution in [0.5, 0.6) is 0 Å². The van der Waals surface area contributed by atoms with Crippen LogP contribution in [-0.2, 0) is 25.7 Å². The first-order chi connectivity index (χ1) is 12.0. The van der Waals surface area contributed by atoms with Gasteiger partial charge < -0.3 is 5.32 Å². The maximum atomic E-state index is 3.81. The molecule has 4 rings (SSSR count). The zero-order valence-electron chi connectivity index (χ0n) is 16.0. The summed E-state index contributed by atoms with van der Waals surface area (Å²) in [6.07, 6.45) is 10.3. The van der Waals surface area contributed by atoms with Gasteiger partial charge in [0.1, 0.15) is 0 Å². The third kappa shape index (κ3) is 3.34. The van der Waals surface area contributed by atoms with E-state index in [9.17, 15) is 0 Å². The highest BCUT2D eigenvalue weighted by atomic mass is 15.0. The van der Waals surface area contributed by atoms with Gasteiger partial charge in [0.05, 0.1) is 0 Å². The monoisotopic (exact) mass is 333 g/mol. The average molecular weight is 334 g/mol. The zero-order valence-corrected chi connectivity index (χ0v) is 16.0. The molecule has 2 aliphatic carbocycles. The highest BCUT2D eigenvalue weighted by Gasteiger charge is 2.23. The van der Waals surface area contributed by atoms with E-state index in [0.29, 0.717) is 0 Å². The van der Waals surface area contributed by atoms with Crippen LogP contribution in [0.3, 0.4) is 0 Å². The minimum atomic E-state index is 0.0759. The molecular formula is C24H31N. The van der Waals surface area contributed by atoms with Crippen LogP contribution in [-0.4, -0.2) is 5.54 Å². The van der Waals surface area contributed by atoms with Crippen LogP contribution in [0.4, 0.5) is 5.69 Å². The minimum Gasteiger partial charge on any atom is -0.380 e. The van der Waals surface area contributed by atoms with Crippen molar-refractivity contribution in [2.75, 3.05) is 5.32 Å². The molecular weight excluding hydrogens is 302 g/mol. The van der Waals surface area contributed by atoms with Crippen LogP contribution in [0, 0.1) is 0 Å². The van der Waals surface area contributed by atoms with Crippen molar-refractivity contribution in [1.82, 2.24) is 0 Å². The Hall–Kier alpha value is -1.76. The molecule has 25 heavy (non-hydrogen) atoms. The van der Waals surface area contributed by atoms with E-state index < -0.39 is 0 Å². The lowest BCUT2D eigenvalue weighted by Gasteiger charge is -2.30. The van der Waals surface area contributed by atoms with Crippen LogP contribution in [0.2, 0.25) is 0 Å². The fourth-order valence-electron chi connectivity index (χ4n) is 4.66. The van der Waals surface area contributed by atoms with E-state index in [2.05, 4.69) is 56.4 Å². The molecule has 0 fully saturated rings. The van der Waals surface area contributed by atoms with Crippen LogP contribution in [0.1, 0.15) is 68.7 Å². The Balaban J connectivity index is 1.93. The number of fused-ring (bicyclic) bond motifs is 2. The van der Waals surface area contributed by atoms with Gasteiger partial charge in [-0.2, -0.15) is 0 Å². The number of rotatable bonds is 2. The normalized spacial score (nSPS) is 16.9. The van der Waals surface area contributed by atoms with Crippen molar-refractivity contribution in [3.8, 4) is 11.1 Å². The van der Waals surface area contributed by atoms with Gasteiger partial charge in [-0.15, -0.1) is 0 Å². The van der Waals surface area contributed by atoms with Gasteiger partial charge >= 0.3 is 0 Å². The molecule has 0 aliphatic heterocycles. The van der Waals surface area contributed by atoms with Gasteiger partial charge in [-0.3, -0.25) is 0 Å². The molecule has 0 bridgehead atoms. The van der Waals surface area contributed by atoms with Gasteiger partial charge in [0.25, 0.3) is 0 Å². The smallest absolute Gasteiger partial charge is 0.0426 e. The van der Waals surface area contributed by atoms with Gasteiger partial charge in [-0.1, -0.05) is 24.3 Å². The molecule has 0 aromatic heterocycles. The summed E-state index contributed by atoms with van der Waals surface area (Å²) in [5.41, 5.74) is 10.8. The van der Waals surface area contributed by atoms with Crippen molar-refractivity contribution in [1.29, 1.82) is 0 Å². The second-order valence-electron chi connectivity index (χ2n) is 8.86. The lowest BCUT2D eigenvalue weighted by atomic mass is 9.80. The molecule has 1 heteroatoms. The molecule has 132 valence electrons. The second-order valence-corrected chi connectivity index (χ2v) is 8.86. The molecule has 0 unspecified atom stereocenters. The number of nitrogens with one attached hydrogen (secondary N) is 1. The number of hydrogen-bond donors (Lipinski definition) is 1. The summed E-state index contributed by atoms with van der Waals surface area (Å²) < 4.78 is 0. The Morgan fingerprint density at radius 1 is 0.720 bits per heavy atom. The molecule has 0 radical (unpaired) electrons.